The van der Waals surface area contributed by atoms with Crippen molar-refractivity contribution in [2.45, 2.75) is 18.9 Å². The number of rotatable bonds is 2. The van der Waals surface area contributed by atoms with Crippen LogP contribution >= 0.6 is 36.4 Å². The molecule has 3 rings (SSSR count). The van der Waals surface area contributed by atoms with Gasteiger partial charge < -0.3 is 15.1 Å². The number of nitrogens with zero attached hydrogens (tertiary/aromatic N) is 2. The van der Waals surface area contributed by atoms with E-state index in [1.54, 1.807) is 0 Å². The van der Waals surface area contributed by atoms with Gasteiger partial charge in [-0.15, -0.1) is 24.8 Å². The van der Waals surface area contributed by atoms with Crippen molar-refractivity contribution >= 4 is 48.0 Å². The van der Waals surface area contributed by atoms with Gasteiger partial charge in [-0.25, -0.2) is 0 Å². The molecule has 0 unspecified atom stereocenters. The maximum Gasteiger partial charge on any atom is 0.239 e. The minimum absolute atomic E-state index is 0. The highest BCUT2D eigenvalue weighted by atomic mass is 35.5. The lowest BCUT2D eigenvalue weighted by atomic mass is 10.1. The van der Waals surface area contributed by atoms with E-state index in [0.717, 1.165) is 56.3 Å². The van der Waals surface area contributed by atoms with E-state index in [4.69, 9.17) is 11.6 Å². The van der Waals surface area contributed by atoms with Crippen molar-refractivity contribution in [3.05, 3.63) is 29.3 Å². The van der Waals surface area contributed by atoms with Crippen molar-refractivity contribution in [2.75, 3.05) is 37.6 Å². The Labute approximate surface area is 149 Å². The number of hydrogen-bond donors (Lipinski definition) is 1. The Morgan fingerprint density at radius 3 is 2.41 bits per heavy atom. The van der Waals surface area contributed by atoms with E-state index in [-0.39, 0.29) is 36.8 Å². The van der Waals surface area contributed by atoms with Gasteiger partial charge in [0, 0.05) is 26.2 Å². The molecule has 0 spiro atoms. The Morgan fingerprint density at radius 1 is 1.14 bits per heavy atom. The summed E-state index contributed by atoms with van der Waals surface area (Å²) >= 11 is 6.23. The zero-order chi connectivity index (χ0) is 13.9. The van der Waals surface area contributed by atoms with Crippen LogP contribution in [0.4, 0.5) is 5.69 Å². The monoisotopic (exact) mass is 365 g/mol. The van der Waals surface area contributed by atoms with Crippen molar-refractivity contribution in [2.24, 2.45) is 0 Å². The van der Waals surface area contributed by atoms with Gasteiger partial charge in [0.1, 0.15) is 0 Å². The molecule has 22 heavy (non-hydrogen) atoms. The molecule has 0 saturated carbocycles. The maximum absolute atomic E-state index is 12.3. The van der Waals surface area contributed by atoms with Gasteiger partial charge in [0.25, 0.3) is 0 Å². The highest BCUT2D eigenvalue weighted by Gasteiger charge is 2.29. The Morgan fingerprint density at radius 2 is 1.82 bits per heavy atom. The summed E-state index contributed by atoms with van der Waals surface area (Å²) in [6.45, 7) is 4.23. The molecule has 2 heterocycles. The van der Waals surface area contributed by atoms with Crippen LogP contribution in [0.25, 0.3) is 0 Å². The lowest BCUT2D eigenvalue weighted by molar-refractivity contribution is -0.133. The van der Waals surface area contributed by atoms with E-state index < -0.39 is 0 Å². The van der Waals surface area contributed by atoms with Gasteiger partial charge >= 0.3 is 0 Å². The molecule has 124 valence electrons. The lowest BCUT2D eigenvalue weighted by Crippen LogP contribution is -2.53. The van der Waals surface area contributed by atoms with E-state index in [1.807, 2.05) is 29.2 Å². The maximum atomic E-state index is 12.3. The number of hydrogen-bond acceptors (Lipinski definition) is 3. The fourth-order valence-corrected chi connectivity index (χ4v) is 3.25. The number of nitrogens with one attached hydrogen (secondary N) is 1. The molecule has 0 bridgehead atoms. The normalized spacial score (nSPS) is 21.0. The number of amides is 1. The van der Waals surface area contributed by atoms with Crippen molar-refractivity contribution in [1.82, 2.24) is 10.2 Å². The van der Waals surface area contributed by atoms with E-state index in [0.29, 0.717) is 0 Å². The molecule has 1 atom stereocenters. The predicted octanol–water partition coefficient (Wildman–Crippen LogP) is 2.58. The molecule has 1 N–H and O–H groups in total. The highest BCUT2D eigenvalue weighted by Crippen LogP contribution is 2.26. The van der Waals surface area contributed by atoms with E-state index in [2.05, 4.69) is 10.2 Å². The van der Waals surface area contributed by atoms with Crippen LogP contribution in [0.3, 0.4) is 0 Å². The molecule has 0 aromatic heterocycles. The van der Waals surface area contributed by atoms with Gasteiger partial charge in [0.05, 0.1) is 16.8 Å². The molecule has 1 aromatic carbocycles. The zero-order valence-corrected chi connectivity index (χ0v) is 14.7. The van der Waals surface area contributed by atoms with Gasteiger partial charge in [-0.05, 0) is 31.5 Å². The summed E-state index contributed by atoms with van der Waals surface area (Å²) in [5, 5.41) is 4.06. The van der Waals surface area contributed by atoms with Crippen LogP contribution in [0, 0.1) is 0 Å². The first-order chi connectivity index (χ1) is 9.75. The molecule has 0 aliphatic carbocycles. The number of carbonyl (C=O) groups is 1. The summed E-state index contributed by atoms with van der Waals surface area (Å²) in [6.07, 6.45) is 2.08. The van der Waals surface area contributed by atoms with E-state index >= 15 is 0 Å². The van der Waals surface area contributed by atoms with Gasteiger partial charge in [-0.1, -0.05) is 23.7 Å². The van der Waals surface area contributed by atoms with Crippen LogP contribution in [0.15, 0.2) is 24.3 Å². The predicted molar refractivity (Wildman–Crippen MR) is 95.8 cm³/mol. The molecule has 1 amide bonds. The van der Waals surface area contributed by atoms with Crippen molar-refractivity contribution in [1.29, 1.82) is 0 Å². The number of halogens is 3. The molecule has 2 aliphatic rings. The zero-order valence-electron chi connectivity index (χ0n) is 12.3. The van der Waals surface area contributed by atoms with Gasteiger partial charge in [-0.3, -0.25) is 4.79 Å². The minimum atomic E-state index is 0. The first-order valence-corrected chi connectivity index (χ1v) is 7.65. The fraction of sp³-hybridized carbons (Fsp3) is 0.533. The quantitative estimate of drug-likeness (QED) is 0.874. The third-order valence-electron chi connectivity index (χ3n) is 4.14. The summed E-state index contributed by atoms with van der Waals surface area (Å²) in [5.74, 6) is 0.265. The molecule has 7 heteroatoms. The fourth-order valence-electron chi connectivity index (χ4n) is 2.99. The largest absolute Gasteiger partial charge is 0.367 e. The summed E-state index contributed by atoms with van der Waals surface area (Å²) in [4.78, 5) is 16.6. The molecular formula is C15H22Cl3N3O. The van der Waals surface area contributed by atoms with E-state index in [1.165, 1.54) is 0 Å². The summed E-state index contributed by atoms with van der Waals surface area (Å²) in [6, 6.07) is 7.94. The van der Waals surface area contributed by atoms with Crippen molar-refractivity contribution < 1.29 is 4.79 Å². The Balaban J connectivity index is 0.00000121. The lowest BCUT2D eigenvalue weighted by Gasteiger charge is -2.37. The molecular weight excluding hydrogens is 345 g/mol. The van der Waals surface area contributed by atoms with Crippen molar-refractivity contribution in [3.8, 4) is 0 Å². The van der Waals surface area contributed by atoms with Crippen LogP contribution in [0.2, 0.25) is 5.02 Å². The highest BCUT2D eigenvalue weighted by molar-refractivity contribution is 6.33. The van der Waals surface area contributed by atoms with Crippen LogP contribution in [-0.2, 0) is 4.79 Å². The first-order valence-electron chi connectivity index (χ1n) is 7.27. The van der Waals surface area contributed by atoms with Gasteiger partial charge in [0.2, 0.25) is 5.91 Å². The SMILES string of the molecule is Cl.Cl.O=C([C@@H]1CCCN1)N1CCN(c2ccccc2Cl)CC1. The summed E-state index contributed by atoms with van der Waals surface area (Å²) in [7, 11) is 0. The van der Waals surface area contributed by atoms with Crippen LogP contribution < -0.4 is 10.2 Å². The molecule has 2 fully saturated rings. The smallest absolute Gasteiger partial charge is 0.239 e. The topological polar surface area (TPSA) is 35.6 Å². The van der Waals surface area contributed by atoms with Crippen LogP contribution in [0.5, 0.6) is 0 Å². The first kappa shape index (κ1) is 19.4. The number of anilines is 1. The van der Waals surface area contributed by atoms with Gasteiger partial charge in [-0.2, -0.15) is 0 Å². The Bertz CT molecular complexity index is 487. The molecule has 2 saturated heterocycles. The number of carbonyl (C=O) groups excluding carboxylic acids is 1. The third-order valence-corrected chi connectivity index (χ3v) is 4.46. The average molecular weight is 367 g/mol. The minimum Gasteiger partial charge on any atom is -0.367 e. The molecule has 2 aliphatic heterocycles. The summed E-state index contributed by atoms with van der Waals surface area (Å²) < 4.78 is 0. The second-order valence-electron chi connectivity index (χ2n) is 5.41. The van der Waals surface area contributed by atoms with E-state index in [9.17, 15) is 4.79 Å². The molecule has 1 aromatic rings. The number of para-hydroxylation sites is 1. The number of piperazine rings is 1. The van der Waals surface area contributed by atoms with Crippen molar-refractivity contribution in [3.63, 3.8) is 0 Å². The Kier molecular flexibility index (Phi) is 7.77. The second-order valence-corrected chi connectivity index (χ2v) is 5.82. The summed E-state index contributed by atoms with van der Waals surface area (Å²) in [5.41, 5.74) is 1.07. The molecule has 4 nitrogen and oxygen atoms in total. The number of benzene rings is 1. The van der Waals surface area contributed by atoms with Gasteiger partial charge in [0.15, 0.2) is 0 Å². The average Bonchev–Trinajstić information content (AvgIpc) is 3.01. The third kappa shape index (κ3) is 4.19. The van der Waals surface area contributed by atoms with Crippen LogP contribution in [-0.4, -0.2) is 49.6 Å². The standard InChI is InChI=1S/C15H20ClN3O.2ClH/c16-12-4-1-2-6-14(12)18-8-10-19(11-9-18)15(20)13-5-3-7-17-13;;/h1-2,4,6,13,17H,3,5,7-11H2;2*1H/t13-;;/m0../s1. The van der Waals surface area contributed by atoms with Crippen LogP contribution in [0.1, 0.15) is 12.8 Å². The second kappa shape index (κ2) is 8.82. The Hall–Kier alpha value is -0.680. The molecule has 0 radical (unpaired) electrons.